The van der Waals surface area contributed by atoms with E-state index >= 15 is 0 Å². The van der Waals surface area contributed by atoms with Crippen molar-refractivity contribution in [3.8, 4) is 0 Å². The first-order valence-electron chi connectivity index (χ1n) is 6.91. The topological polar surface area (TPSA) is 36.9 Å². The molecule has 0 saturated heterocycles. The van der Waals surface area contributed by atoms with Crippen LogP contribution in [-0.2, 0) is 11.3 Å². The normalized spacial score (nSPS) is 11.5. The second kappa shape index (κ2) is 9.61. The molecule has 0 fully saturated rings. The molecule has 4 nitrogen and oxygen atoms in total. The van der Waals surface area contributed by atoms with Crippen molar-refractivity contribution >= 4 is 17.6 Å². The number of benzene rings is 1. The number of nitrogens with one attached hydrogen (secondary N) is 1. The molecule has 0 unspecified atom stereocenters. The molecule has 0 aliphatic carbocycles. The zero-order valence-electron chi connectivity index (χ0n) is 12.5. The van der Waals surface area contributed by atoms with Crippen molar-refractivity contribution in [2.75, 3.05) is 33.9 Å². The van der Waals surface area contributed by atoms with E-state index in [-0.39, 0.29) is 0 Å². The minimum absolute atomic E-state index is 0.759. The van der Waals surface area contributed by atoms with E-state index in [1.807, 2.05) is 38.2 Å². The second-order valence-corrected chi connectivity index (χ2v) is 4.94. The average molecular weight is 298 g/mol. The summed E-state index contributed by atoms with van der Waals surface area (Å²) < 4.78 is 5.31. The third-order valence-corrected chi connectivity index (χ3v) is 3.11. The molecule has 5 heteroatoms. The summed E-state index contributed by atoms with van der Waals surface area (Å²) in [6, 6.07) is 7.87. The first-order chi connectivity index (χ1) is 9.67. The fourth-order valence-corrected chi connectivity index (χ4v) is 1.97. The summed E-state index contributed by atoms with van der Waals surface area (Å²) in [6.07, 6.45) is 0.974. The van der Waals surface area contributed by atoms with E-state index in [0.717, 1.165) is 43.7 Å². The predicted octanol–water partition coefficient (Wildman–Crippen LogP) is 2.77. The highest BCUT2D eigenvalue weighted by atomic mass is 35.5. The van der Waals surface area contributed by atoms with Crippen LogP contribution < -0.4 is 5.32 Å². The quantitative estimate of drug-likeness (QED) is 0.478. The highest BCUT2D eigenvalue weighted by Crippen LogP contribution is 2.10. The van der Waals surface area contributed by atoms with Gasteiger partial charge in [-0.05, 0) is 31.0 Å². The van der Waals surface area contributed by atoms with Crippen molar-refractivity contribution in [3.05, 3.63) is 34.9 Å². The number of nitrogens with zero attached hydrogens (tertiary/aromatic N) is 2. The van der Waals surface area contributed by atoms with E-state index in [2.05, 4.69) is 15.2 Å². The summed E-state index contributed by atoms with van der Waals surface area (Å²) in [4.78, 5) is 6.37. The van der Waals surface area contributed by atoms with Crippen LogP contribution in [0.5, 0.6) is 0 Å². The minimum Gasteiger partial charge on any atom is -0.382 e. The maximum atomic E-state index is 5.89. The number of ether oxygens (including phenoxy) is 1. The summed E-state index contributed by atoms with van der Waals surface area (Å²) in [5.41, 5.74) is 1.20. The average Bonchev–Trinajstić information content (AvgIpc) is 2.45. The van der Waals surface area contributed by atoms with Crippen LogP contribution in [0.25, 0.3) is 0 Å². The molecule has 0 spiro atoms. The fraction of sp³-hybridized carbons (Fsp3) is 0.533. The van der Waals surface area contributed by atoms with Gasteiger partial charge in [0.15, 0.2) is 5.96 Å². The van der Waals surface area contributed by atoms with Crippen molar-refractivity contribution in [1.29, 1.82) is 0 Å². The van der Waals surface area contributed by atoms with E-state index in [0.29, 0.717) is 0 Å². The number of hydrogen-bond acceptors (Lipinski definition) is 2. The van der Waals surface area contributed by atoms with Gasteiger partial charge in [0.1, 0.15) is 0 Å². The molecule has 1 aromatic rings. The molecule has 0 heterocycles. The summed E-state index contributed by atoms with van der Waals surface area (Å²) in [5, 5.41) is 4.09. The Labute approximate surface area is 126 Å². The molecule has 0 aromatic heterocycles. The highest BCUT2D eigenvalue weighted by Gasteiger charge is 2.05. The Hall–Kier alpha value is -1.26. The van der Waals surface area contributed by atoms with Crippen molar-refractivity contribution in [1.82, 2.24) is 10.2 Å². The zero-order valence-corrected chi connectivity index (χ0v) is 13.3. The van der Waals surface area contributed by atoms with E-state index in [9.17, 15) is 0 Å². The Morgan fingerprint density at radius 3 is 2.65 bits per heavy atom. The largest absolute Gasteiger partial charge is 0.382 e. The molecule has 0 aliphatic heterocycles. The van der Waals surface area contributed by atoms with Crippen LogP contribution in [0, 0.1) is 0 Å². The van der Waals surface area contributed by atoms with E-state index in [1.54, 1.807) is 7.05 Å². The van der Waals surface area contributed by atoms with Crippen LogP contribution in [0.4, 0.5) is 0 Å². The molecule has 112 valence electrons. The van der Waals surface area contributed by atoms with Gasteiger partial charge in [-0.25, -0.2) is 0 Å². The summed E-state index contributed by atoms with van der Waals surface area (Å²) in [6.45, 7) is 5.21. The lowest BCUT2D eigenvalue weighted by Crippen LogP contribution is -2.39. The number of guanidine groups is 1. The fourth-order valence-electron chi connectivity index (χ4n) is 1.84. The first kappa shape index (κ1) is 16.8. The molecule has 0 aliphatic rings. The predicted molar refractivity (Wildman–Crippen MR) is 85.4 cm³/mol. The van der Waals surface area contributed by atoms with Crippen LogP contribution in [0.1, 0.15) is 18.9 Å². The molecule has 0 atom stereocenters. The van der Waals surface area contributed by atoms with Gasteiger partial charge in [0.2, 0.25) is 0 Å². The lowest BCUT2D eigenvalue weighted by Gasteiger charge is -2.22. The molecule has 20 heavy (non-hydrogen) atoms. The standard InChI is InChI=1S/C15H24ClN3O/c1-4-20-11-5-10-18-15(17-2)19(3)12-13-6-8-14(16)9-7-13/h6-9H,4-5,10-12H2,1-3H3,(H,17,18). The highest BCUT2D eigenvalue weighted by molar-refractivity contribution is 6.30. The van der Waals surface area contributed by atoms with Gasteiger partial charge in [-0.1, -0.05) is 23.7 Å². The number of halogens is 1. The van der Waals surface area contributed by atoms with Crippen LogP contribution in [0.3, 0.4) is 0 Å². The summed E-state index contributed by atoms with van der Waals surface area (Å²) in [7, 11) is 3.82. The minimum atomic E-state index is 0.759. The van der Waals surface area contributed by atoms with Crippen molar-refractivity contribution in [2.45, 2.75) is 19.9 Å². The third kappa shape index (κ3) is 6.26. The van der Waals surface area contributed by atoms with Crippen LogP contribution >= 0.6 is 11.6 Å². The van der Waals surface area contributed by atoms with E-state index in [4.69, 9.17) is 16.3 Å². The molecule has 0 amide bonds. The van der Waals surface area contributed by atoms with Crippen molar-refractivity contribution in [3.63, 3.8) is 0 Å². The lowest BCUT2D eigenvalue weighted by molar-refractivity contribution is 0.145. The smallest absolute Gasteiger partial charge is 0.193 e. The Balaban J connectivity index is 2.38. The number of aliphatic imine (C=N–C) groups is 1. The van der Waals surface area contributed by atoms with Crippen LogP contribution in [0.15, 0.2) is 29.3 Å². The van der Waals surface area contributed by atoms with Gasteiger partial charge < -0.3 is 15.0 Å². The van der Waals surface area contributed by atoms with Crippen LogP contribution in [0.2, 0.25) is 5.02 Å². The molecule has 0 bridgehead atoms. The maximum absolute atomic E-state index is 5.89. The second-order valence-electron chi connectivity index (χ2n) is 4.51. The molecular weight excluding hydrogens is 274 g/mol. The monoisotopic (exact) mass is 297 g/mol. The Bertz CT molecular complexity index is 406. The van der Waals surface area contributed by atoms with Gasteiger partial charge >= 0.3 is 0 Å². The zero-order chi connectivity index (χ0) is 14.8. The Morgan fingerprint density at radius 1 is 1.35 bits per heavy atom. The van der Waals surface area contributed by atoms with Gasteiger partial charge in [0.05, 0.1) is 0 Å². The van der Waals surface area contributed by atoms with Gasteiger partial charge in [-0.3, -0.25) is 4.99 Å². The molecule has 0 radical (unpaired) electrons. The lowest BCUT2D eigenvalue weighted by atomic mass is 10.2. The molecule has 1 aromatic carbocycles. The Kier molecular flexibility index (Phi) is 8.07. The van der Waals surface area contributed by atoms with Gasteiger partial charge in [-0.15, -0.1) is 0 Å². The number of rotatable bonds is 7. The first-order valence-corrected chi connectivity index (χ1v) is 7.29. The molecular formula is C15H24ClN3O. The Morgan fingerprint density at radius 2 is 2.05 bits per heavy atom. The molecule has 1 rings (SSSR count). The SMILES string of the molecule is CCOCCCNC(=NC)N(C)Cc1ccc(Cl)cc1. The molecule has 0 saturated carbocycles. The van der Waals surface area contributed by atoms with E-state index in [1.165, 1.54) is 5.56 Å². The number of hydrogen-bond donors (Lipinski definition) is 1. The maximum Gasteiger partial charge on any atom is 0.193 e. The van der Waals surface area contributed by atoms with Gasteiger partial charge in [0.25, 0.3) is 0 Å². The van der Waals surface area contributed by atoms with Crippen molar-refractivity contribution < 1.29 is 4.74 Å². The van der Waals surface area contributed by atoms with Gasteiger partial charge in [0, 0.05) is 45.4 Å². The van der Waals surface area contributed by atoms with Gasteiger partial charge in [-0.2, -0.15) is 0 Å². The summed E-state index contributed by atoms with van der Waals surface area (Å²) in [5.74, 6) is 0.886. The summed E-state index contributed by atoms with van der Waals surface area (Å²) >= 11 is 5.89. The van der Waals surface area contributed by atoms with Crippen LogP contribution in [-0.4, -0.2) is 44.7 Å². The molecule has 1 N–H and O–H groups in total. The third-order valence-electron chi connectivity index (χ3n) is 2.86. The van der Waals surface area contributed by atoms with Crippen molar-refractivity contribution in [2.24, 2.45) is 4.99 Å². The van der Waals surface area contributed by atoms with E-state index < -0.39 is 0 Å².